The second-order valence-electron chi connectivity index (χ2n) is 6.25. The van der Waals surface area contributed by atoms with E-state index >= 15 is 0 Å². The average molecular weight is 290 g/mol. The molecular weight excluding hydrogens is 264 g/mol. The molecule has 0 radical (unpaired) electrons. The quantitative estimate of drug-likeness (QED) is 0.639. The topological polar surface area (TPSA) is 64.3 Å². The molecule has 1 aliphatic carbocycles. The van der Waals surface area contributed by atoms with E-state index in [1.807, 2.05) is 6.07 Å². The van der Waals surface area contributed by atoms with Crippen LogP contribution in [0.4, 0.5) is 11.4 Å². The van der Waals surface area contributed by atoms with Gasteiger partial charge >= 0.3 is 5.97 Å². The number of carbonyl (C=O) groups excluding carboxylic acids is 1. The summed E-state index contributed by atoms with van der Waals surface area (Å²) in [5.74, 6) is -0.359. The maximum absolute atomic E-state index is 11.9. The Bertz CT molecular complexity index is 494. The van der Waals surface area contributed by atoms with Crippen LogP contribution in [0.5, 0.6) is 0 Å². The number of nitrogen functional groups attached to an aromatic ring is 1. The van der Waals surface area contributed by atoms with Gasteiger partial charge in [-0.3, -0.25) is 0 Å². The smallest absolute Gasteiger partial charge is 0.340 e. The van der Waals surface area contributed by atoms with E-state index in [9.17, 15) is 4.79 Å². The minimum atomic E-state index is -0.359. The Morgan fingerprint density at radius 1 is 1.33 bits per heavy atom. The largest absolute Gasteiger partial charge is 0.462 e. The van der Waals surface area contributed by atoms with Crippen molar-refractivity contribution in [2.75, 3.05) is 24.2 Å². The van der Waals surface area contributed by atoms with Crippen molar-refractivity contribution in [1.29, 1.82) is 0 Å². The number of hydrogen-bond acceptors (Lipinski definition) is 4. The Morgan fingerprint density at radius 3 is 2.71 bits per heavy atom. The number of nitrogens with two attached hydrogens (primary N) is 1. The Hall–Kier alpha value is -1.71. The fraction of sp³-hybridized carbons (Fsp3) is 0.588. The van der Waals surface area contributed by atoms with Gasteiger partial charge in [-0.2, -0.15) is 0 Å². The van der Waals surface area contributed by atoms with Gasteiger partial charge in [-0.15, -0.1) is 0 Å². The van der Waals surface area contributed by atoms with E-state index in [4.69, 9.17) is 10.5 Å². The Morgan fingerprint density at radius 2 is 2.05 bits per heavy atom. The number of rotatable bonds is 5. The van der Waals surface area contributed by atoms with E-state index in [0.29, 0.717) is 23.3 Å². The van der Waals surface area contributed by atoms with E-state index in [0.717, 1.165) is 12.2 Å². The van der Waals surface area contributed by atoms with E-state index in [1.165, 1.54) is 32.1 Å². The van der Waals surface area contributed by atoms with E-state index in [2.05, 4.69) is 12.2 Å². The first-order chi connectivity index (χ1) is 10.0. The van der Waals surface area contributed by atoms with Gasteiger partial charge < -0.3 is 15.8 Å². The summed E-state index contributed by atoms with van der Waals surface area (Å²) in [6.45, 7) is 5.41. The molecule has 116 valence electrons. The van der Waals surface area contributed by atoms with Gasteiger partial charge in [0.15, 0.2) is 0 Å². The molecule has 1 saturated carbocycles. The van der Waals surface area contributed by atoms with Crippen molar-refractivity contribution in [3.63, 3.8) is 0 Å². The molecule has 0 aliphatic heterocycles. The predicted molar refractivity (Wildman–Crippen MR) is 86.5 cm³/mol. The van der Waals surface area contributed by atoms with E-state index < -0.39 is 0 Å². The first-order valence-corrected chi connectivity index (χ1v) is 7.84. The number of ether oxygens (including phenoxy) is 1. The molecular formula is C17H26N2O2. The molecule has 0 unspecified atom stereocenters. The van der Waals surface area contributed by atoms with Gasteiger partial charge in [-0.25, -0.2) is 4.79 Å². The SMILES string of the molecule is CCOC(=O)c1cc(NCC2(C)CCCCC2)ccc1N. The zero-order valence-electron chi connectivity index (χ0n) is 13.1. The van der Waals surface area contributed by atoms with E-state index in [-0.39, 0.29) is 5.97 Å². The van der Waals surface area contributed by atoms with Crippen molar-refractivity contribution < 1.29 is 9.53 Å². The standard InChI is InChI=1S/C17H26N2O2/c1-3-21-16(20)14-11-13(7-8-15(14)18)19-12-17(2)9-5-4-6-10-17/h7-8,11,19H,3-6,9-10,12,18H2,1-2H3. The second kappa shape index (κ2) is 6.83. The van der Waals surface area contributed by atoms with Crippen LogP contribution in [0, 0.1) is 5.41 Å². The lowest BCUT2D eigenvalue weighted by Crippen LogP contribution is -2.28. The number of anilines is 2. The molecule has 0 amide bonds. The molecule has 21 heavy (non-hydrogen) atoms. The second-order valence-corrected chi connectivity index (χ2v) is 6.25. The van der Waals surface area contributed by atoms with Gasteiger partial charge in [0.1, 0.15) is 0 Å². The van der Waals surface area contributed by atoms with Crippen molar-refractivity contribution in [3.05, 3.63) is 23.8 Å². The summed E-state index contributed by atoms with van der Waals surface area (Å²) in [4.78, 5) is 11.9. The first-order valence-electron chi connectivity index (χ1n) is 7.84. The summed E-state index contributed by atoms with van der Waals surface area (Å²) in [5.41, 5.74) is 8.04. The third-order valence-corrected chi connectivity index (χ3v) is 4.33. The average Bonchev–Trinajstić information content (AvgIpc) is 2.47. The third-order valence-electron chi connectivity index (χ3n) is 4.33. The van der Waals surface area contributed by atoms with Crippen LogP contribution in [0.3, 0.4) is 0 Å². The summed E-state index contributed by atoms with van der Waals surface area (Å²) in [6.07, 6.45) is 6.51. The minimum absolute atomic E-state index is 0.351. The minimum Gasteiger partial charge on any atom is -0.462 e. The molecule has 1 aromatic carbocycles. The van der Waals surface area contributed by atoms with Crippen LogP contribution in [-0.2, 0) is 4.74 Å². The molecule has 0 aromatic heterocycles. The van der Waals surface area contributed by atoms with Crippen molar-refractivity contribution in [3.8, 4) is 0 Å². The Kier molecular flexibility index (Phi) is 5.10. The fourth-order valence-electron chi connectivity index (χ4n) is 2.95. The highest BCUT2D eigenvalue weighted by Gasteiger charge is 2.26. The summed E-state index contributed by atoms with van der Waals surface area (Å²) in [5, 5.41) is 3.46. The van der Waals surface area contributed by atoms with Gasteiger partial charge in [0, 0.05) is 17.9 Å². The monoisotopic (exact) mass is 290 g/mol. The molecule has 0 spiro atoms. The molecule has 4 heteroatoms. The van der Waals surface area contributed by atoms with Crippen molar-refractivity contribution in [2.45, 2.75) is 46.0 Å². The number of hydrogen-bond donors (Lipinski definition) is 2. The number of carbonyl (C=O) groups is 1. The molecule has 0 heterocycles. The maximum Gasteiger partial charge on any atom is 0.340 e. The molecule has 0 atom stereocenters. The Labute approximate surface area is 127 Å². The van der Waals surface area contributed by atoms with E-state index in [1.54, 1.807) is 19.1 Å². The van der Waals surface area contributed by atoms with Gasteiger partial charge in [0.05, 0.1) is 12.2 Å². The summed E-state index contributed by atoms with van der Waals surface area (Å²) < 4.78 is 5.03. The zero-order valence-corrected chi connectivity index (χ0v) is 13.1. The highest BCUT2D eigenvalue weighted by molar-refractivity contribution is 5.96. The van der Waals surface area contributed by atoms with Gasteiger partial charge in [0.2, 0.25) is 0 Å². The number of benzene rings is 1. The third kappa shape index (κ3) is 4.13. The van der Waals surface area contributed by atoms with Crippen molar-refractivity contribution >= 4 is 17.3 Å². The highest BCUT2D eigenvalue weighted by Crippen LogP contribution is 2.35. The van der Waals surface area contributed by atoms with Crippen LogP contribution in [0.2, 0.25) is 0 Å². The highest BCUT2D eigenvalue weighted by atomic mass is 16.5. The van der Waals surface area contributed by atoms with Crippen LogP contribution in [0.25, 0.3) is 0 Å². The predicted octanol–water partition coefficient (Wildman–Crippen LogP) is 3.83. The first kappa shape index (κ1) is 15.7. The number of esters is 1. The number of nitrogens with one attached hydrogen (secondary N) is 1. The molecule has 0 saturated heterocycles. The molecule has 1 aromatic rings. The van der Waals surface area contributed by atoms with Gasteiger partial charge in [-0.05, 0) is 43.4 Å². The van der Waals surface area contributed by atoms with Crippen LogP contribution in [-0.4, -0.2) is 19.1 Å². The summed E-state index contributed by atoms with van der Waals surface area (Å²) in [7, 11) is 0. The lowest BCUT2D eigenvalue weighted by Gasteiger charge is -2.34. The summed E-state index contributed by atoms with van der Waals surface area (Å²) in [6, 6.07) is 5.47. The molecule has 1 aliphatic rings. The fourth-order valence-corrected chi connectivity index (χ4v) is 2.95. The normalized spacial score (nSPS) is 17.2. The lowest BCUT2D eigenvalue weighted by atomic mass is 9.76. The van der Waals surface area contributed by atoms with Crippen LogP contribution < -0.4 is 11.1 Å². The van der Waals surface area contributed by atoms with Crippen LogP contribution in [0.1, 0.15) is 56.3 Å². The van der Waals surface area contributed by atoms with Gasteiger partial charge in [-0.1, -0.05) is 26.2 Å². The molecule has 3 N–H and O–H groups in total. The van der Waals surface area contributed by atoms with Gasteiger partial charge in [0.25, 0.3) is 0 Å². The van der Waals surface area contributed by atoms with Crippen LogP contribution in [0.15, 0.2) is 18.2 Å². The lowest BCUT2D eigenvalue weighted by molar-refractivity contribution is 0.0527. The van der Waals surface area contributed by atoms with Crippen LogP contribution >= 0.6 is 0 Å². The molecule has 2 rings (SSSR count). The molecule has 0 bridgehead atoms. The molecule has 4 nitrogen and oxygen atoms in total. The van der Waals surface area contributed by atoms with Crippen molar-refractivity contribution in [1.82, 2.24) is 0 Å². The van der Waals surface area contributed by atoms with Crippen molar-refractivity contribution in [2.24, 2.45) is 5.41 Å². The molecule has 1 fully saturated rings. The zero-order chi connectivity index (χ0) is 15.3. The Balaban J connectivity index is 2.03. The maximum atomic E-state index is 11.9. The summed E-state index contributed by atoms with van der Waals surface area (Å²) >= 11 is 0.